The van der Waals surface area contributed by atoms with Crippen molar-refractivity contribution in [1.29, 1.82) is 0 Å². The van der Waals surface area contributed by atoms with Gasteiger partial charge in [-0.2, -0.15) is 0 Å². The van der Waals surface area contributed by atoms with Gasteiger partial charge < -0.3 is 4.74 Å². The molecule has 1 rings (SSSR count). The fourth-order valence-corrected chi connectivity index (χ4v) is 2.69. The molecule has 1 fully saturated rings. The first-order chi connectivity index (χ1) is 7.39. The first-order valence-corrected chi connectivity index (χ1v) is 6.67. The second-order valence-electron chi connectivity index (χ2n) is 6.48. The van der Waals surface area contributed by atoms with E-state index in [9.17, 15) is 0 Å². The van der Waals surface area contributed by atoms with Crippen molar-refractivity contribution in [2.75, 3.05) is 6.61 Å². The minimum Gasteiger partial charge on any atom is -0.498 e. The van der Waals surface area contributed by atoms with Crippen LogP contribution in [0.25, 0.3) is 0 Å². The molecule has 0 atom stereocenters. The summed E-state index contributed by atoms with van der Waals surface area (Å²) in [6.45, 7) is 13.5. The zero-order valence-electron chi connectivity index (χ0n) is 11.5. The predicted molar refractivity (Wildman–Crippen MR) is 70.3 cm³/mol. The van der Waals surface area contributed by atoms with Crippen LogP contribution in [0.2, 0.25) is 0 Å². The highest BCUT2D eigenvalue weighted by atomic mass is 16.5. The van der Waals surface area contributed by atoms with Crippen molar-refractivity contribution >= 4 is 0 Å². The fourth-order valence-electron chi connectivity index (χ4n) is 2.69. The van der Waals surface area contributed by atoms with Gasteiger partial charge in [0.25, 0.3) is 0 Å². The van der Waals surface area contributed by atoms with Gasteiger partial charge in [0.1, 0.15) is 0 Å². The third-order valence-corrected chi connectivity index (χ3v) is 3.69. The average Bonchev–Trinajstić information content (AvgIpc) is 2.19. The number of hydrogen-bond acceptors (Lipinski definition) is 1. The average molecular weight is 224 g/mol. The van der Waals surface area contributed by atoms with E-state index in [1.807, 2.05) is 6.92 Å². The minimum atomic E-state index is 0.296. The third-order valence-electron chi connectivity index (χ3n) is 3.69. The molecule has 0 spiro atoms. The predicted octanol–water partition coefficient (Wildman–Crippen LogP) is 4.78. The van der Waals surface area contributed by atoms with Crippen LogP contribution in [0.1, 0.15) is 59.8 Å². The van der Waals surface area contributed by atoms with Crippen molar-refractivity contribution in [3.8, 4) is 0 Å². The van der Waals surface area contributed by atoms with Crippen LogP contribution in [-0.4, -0.2) is 6.61 Å². The van der Waals surface area contributed by atoms with Gasteiger partial charge in [-0.3, -0.25) is 0 Å². The molecule has 1 nitrogen and oxygen atoms in total. The van der Waals surface area contributed by atoms with Gasteiger partial charge in [-0.05, 0) is 30.6 Å². The maximum Gasteiger partial charge on any atom is 0.0927 e. The molecule has 94 valence electrons. The van der Waals surface area contributed by atoms with Crippen molar-refractivity contribution in [3.05, 3.63) is 12.3 Å². The molecule has 0 aromatic carbocycles. The van der Waals surface area contributed by atoms with E-state index in [1.54, 1.807) is 0 Å². The monoisotopic (exact) mass is 224 g/mol. The summed E-state index contributed by atoms with van der Waals surface area (Å²) in [7, 11) is 0. The molecule has 0 amide bonds. The zero-order valence-corrected chi connectivity index (χ0v) is 11.5. The Morgan fingerprint density at radius 2 is 1.81 bits per heavy atom. The lowest BCUT2D eigenvalue weighted by Crippen LogP contribution is -2.25. The molecule has 16 heavy (non-hydrogen) atoms. The molecule has 0 unspecified atom stereocenters. The van der Waals surface area contributed by atoms with E-state index >= 15 is 0 Å². The maximum atomic E-state index is 5.57. The second kappa shape index (κ2) is 5.75. The molecule has 0 radical (unpaired) electrons. The molecule has 0 N–H and O–H groups in total. The van der Waals surface area contributed by atoms with Gasteiger partial charge in [0.15, 0.2) is 0 Å². The smallest absolute Gasteiger partial charge is 0.0927 e. The highest BCUT2D eigenvalue weighted by Gasteiger charge is 2.26. The Morgan fingerprint density at radius 3 is 2.31 bits per heavy atom. The molecule has 1 saturated carbocycles. The van der Waals surface area contributed by atoms with Gasteiger partial charge in [0, 0.05) is 0 Å². The number of rotatable bonds is 5. The fraction of sp³-hybridized carbons (Fsp3) is 0.867. The van der Waals surface area contributed by atoms with Crippen LogP contribution in [0, 0.1) is 17.3 Å². The van der Waals surface area contributed by atoms with E-state index in [4.69, 9.17) is 4.74 Å². The van der Waals surface area contributed by atoms with Gasteiger partial charge in [-0.1, -0.05) is 53.0 Å². The summed E-state index contributed by atoms with van der Waals surface area (Å²) in [5.41, 5.74) is 0.296. The summed E-state index contributed by atoms with van der Waals surface area (Å²) in [4.78, 5) is 0. The first kappa shape index (κ1) is 13.6. The molecule has 0 aromatic heterocycles. The van der Waals surface area contributed by atoms with Gasteiger partial charge in [-0.15, -0.1) is 0 Å². The molecular weight excluding hydrogens is 196 g/mol. The number of ether oxygens (including phenoxy) is 1. The summed E-state index contributed by atoms with van der Waals surface area (Å²) < 4.78 is 5.57. The molecular formula is C15H28O. The van der Waals surface area contributed by atoms with E-state index in [1.165, 1.54) is 32.1 Å². The summed E-state index contributed by atoms with van der Waals surface area (Å²) in [5.74, 6) is 2.70. The summed E-state index contributed by atoms with van der Waals surface area (Å²) >= 11 is 0. The van der Waals surface area contributed by atoms with Gasteiger partial charge in [0.2, 0.25) is 0 Å². The normalized spacial score (nSPS) is 26.5. The van der Waals surface area contributed by atoms with Crippen molar-refractivity contribution in [3.63, 3.8) is 0 Å². The SMILES string of the molecule is C=C(C)OCC(C)(C)CC1CCC(C)CC1. The van der Waals surface area contributed by atoms with Crippen LogP contribution in [-0.2, 0) is 4.74 Å². The van der Waals surface area contributed by atoms with Crippen LogP contribution < -0.4 is 0 Å². The molecule has 1 aliphatic rings. The lowest BCUT2D eigenvalue weighted by Gasteiger charge is -2.33. The van der Waals surface area contributed by atoms with Gasteiger partial charge in [-0.25, -0.2) is 0 Å². The minimum absolute atomic E-state index is 0.296. The van der Waals surface area contributed by atoms with Crippen molar-refractivity contribution < 1.29 is 4.74 Å². The lowest BCUT2D eigenvalue weighted by atomic mass is 9.74. The maximum absolute atomic E-state index is 5.57. The molecule has 1 heteroatoms. The Labute approximate surface area is 101 Å². The zero-order chi connectivity index (χ0) is 12.2. The molecule has 0 bridgehead atoms. The summed E-state index contributed by atoms with van der Waals surface area (Å²) in [6.07, 6.45) is 6.96. The quantitative estimate of drug-likeness (QED) is 0.611. The highest BCUT2D eigenvalue weighted by Crippen LogP contribution is 2.36. The molecule has 0 saturated heterocycles. The van der Waals surface area contributed by atoms with Crippen molar-refractivity contribution in [2.45, 2.75) is 59.8 Å². The largest absolute Gasteiger partial charge is 0.498 e. The number of hydrogen-bond donors (Lipinski definition) is 0. The number of allylic oxidation sites excluding steroid dienone is 1. The second-order valence-corrected chi connectivity index (χ2v) is 6.48. The highest BCUT2D eigenvalue weighted by molar-refractivity contribution is 4.80. The summed E-state index contributed by atoms with van der Waals surface area (Å²) in [5, 5.41) is 0. The van der Waals surface area contributed by atoms with Crippen LogP contribution >= 0.6 is 0 Å². The summed E-state index contributed by atoms with van der Waals surface area (Å²) in [6, 6.07) is 0. The Kier molecular flexibility index (Phi) is 4.89. The standard InChI is InChI=1S/C15H28O/c1-12(2)16-11-15(4,5)10-14-8-6-13(3)7-9-14/h13-14H,1,6-11H2,2-5H3. The van der Waals surface area contributed by atoms with E-state index in [0.717, 1.165) is 24.2 Å². The molecule has 0 heterocycles. The molecule has 1 aliphatic carbocycles. The van der Waals surface area contributed by atoms with E-state index in [2.05, 4.69) is 27.4 Å². The van der Waals surface area contributed by atoms with Crippen molar-refractivity contribution in [1.82, 2.24) is 0 Å². The first-order valence-electron chi connectivity index (χ1n) is 6.67. The van der Waals surface area contributed by atoms with Crippen molar-refractivity contribution in [2.24, 2.45) is 17.3 Å². The third kappa shape index (κ3) is 5.05. The van der Waals surface area contributed by atoms with Crippen LogP contribution in [0.4, 0.5) is 0 Å². The Bertz CT molecular complexity index is 222. The topological polar surface area (TPSA) is 9.23 Å². The Morgan fingerprint density at radius 1 is 1.25 bits per heavy atom. The van der Waals surface area contributed by atoms with Gasteiger partial charge in [0.05, 0.1) is 12.4 Å². The van der Waals surface area contributed by atoms with E-state index in [-0.39, 0.29) is 0 Å². The van der Waals surface area contributed by atoms with E-state index in [0.29, 0.717) is 5.41 Å². The Balaban J connectivity index is 2.31. The molecule has 0 aromatic rings. The van der Waals surface area contributed by atoms with Gasteiger partial charge >= 0.3 is 0 Å². The van der Waals surface area contributed by atoms with E-state index < -0.39 is 0 Å². The lowest BCUT2D eigenvalue weighted by molar-refractivity contribution is 0.0856. The van der Waals surface area contributed by atoms with Crippen LogP contribution in [0.5, 0.6) is 0 Å². The Hall–Kier alpha value is -0.460. The molecule has 0 aliphatic heterocycles. The van der Waals surface area contributed by atoms with Crippen LogP contribution in [0.3, 0.4) is 0 Å². The van der Waals surface area contributed by atoms with Crippen LogP contribution in [0.15, 0.2) is 12.3 Å².